The fourth-order valence-corrected chi connectivity index (χ4v) is 4.38. The SMILES string of the molecule is Cc1nn(Cc2ccc(C(=O)NC[C@H](C)O)cc2)c(C)c1NC(=O)c1cc(C(F)(F)F)nc2ccc(Br)cc12. The van der Waals surface area contributed by atoms with Gasteiger partial charge in [-0.1, -0.05) is 28.1 Å². The lowest BCUT2D eigenvalue weighted by Gasteiger charge is -2.13. The Labute approximate surface area is 230 Å². The molecule has 0 saturated carbocycles. The van der Waals surface area contributed by atoms with Gasteiger partial charge in [-0.15, -0.1) is 0 Å². The summed E-state index contributed by atoms with van der Waals surface area (Å²) in [6.07, 6.45) is -5.37. The summed E-state index contributed by atoms with van der Waals surface area (Å²) in [7, 11) is 0. The van der Waals surface area contributed by atoms with Crippen molar-refractivity contribution in [3.63, 3.8) is 0 Å². The van der Waals surface area contributed by atoms with Crippen molar-refractivity contribution >= 4 is 44.3 Å². The first kappa shape index (κ1) is 28.2. The molecular formula is C27H25BrF3N5O3. The van der Waals surface area contributed by atoms with Crippen LogP contribution in [0.3, 0.4) is 0 Å². The van der Waals surface area contributed by atoms with E-state index in [0.717, 1.165) is 11.6 Å². The van der Waals surface area contributed by atoms with Crippen LogP contribution in [0.2, 0.25) is 0 Å². The number of nitrogens with one attached hydrogen (secondary N) is 2. The summed E-state index contributed by atoms with van der Waals surface area (Å²) < 4.78 is 42.7. The van der Waals surface area contributed by atoms with Crippen LogP contribution in [0.1, 0.15) is 50.3 Å². The fourth-order valence-electron chi connectivity index (χ4n) is 4.02. The first-order chi connectivity index (χ1) is 18.3. The molecule has 2 heterocycles. The third-order valence-corrected chi connectivity index (χ3v) is 6.53. The first-order valence-corrected chi connectivity index (χ1v) is 12.7. The molecule has 0 fully saturated rings. The summed E-state index contributed by atoms with van der Waals surface area (Å²) in [5, 5.41) is 19.4. The summed E-state index contributed by atoms with van der Waals surface area (Å²) in [5.74, 6) is -1.02. The van der Waals surface area contributed by atoms with Crippen molar-refractivity contribution in [1.82, 2.24) is 20.1 Å². The van der Waals surface area contributed by atoms with Gasteiger partial charge in [-0.25, -0.2) is 4.98 Å². The number of alkyl halides is 3. The lowest BCUT2D eigenvalue weighted by atomic mass is 10.1. The molecule has 8 nitrogen and oxygen atoms in total. The van der Waals surface area contributed by atoms with Crippen LogP contribution in [-0.2, 0) is 12.7 Å². The molecule has 2 aromatic heterocycles. The molecule has 204 valence electrons. The third-order valence-electron chi connectivity index (χ3n) is 6.03. The van der Waals surface area contributed by atoms with Crippen molar-refractivity contribution in [1.29, 1.82) is 0 Å². The average Bonchev–Trinajstić information content (AvgIpc) is 3.13. The predicted octanol–water partition coefficient (Wildman–Crippen LogP) is 5.24. The molecule has 0 saturated heterocycles. The van der Waals surface area contributed by atoms with Gasteiger partial charge in [0.1, 0.15) is 5.69 Å². The number of halogens is 4. The summed E-state index contributed by atoms with van der Waals surface area (Å²) >= 11 is 3.30. The van der Waals surface area contributed by atoms with Gasteiger partial charge in [0.05, 0.1) is 40.8 Å². The second kappa shape index (κ2) is 11.1. The Morgan fingerprint density at radius 3 is 2.41 bits per heavy atom. The zero-order valence-corrected chi connectivity index (χ0v) is 22.8. The number of benzene rings is 2. The largest absolute Gasteiger partial charge is 0.433 e. The van der Waals surface area contributed by atoms with Gasteiger partial charge < -0.3 is 15.7 Å². The number of anilines is 1. The molecule has 4 rings (SSSR count). The molecule has 0 aliphatic rings. The Hall–Kier alpha value is -3.77. The molecule has 0 radical (unpaired) electrons. The van der Waals surface area contributed by atoms with Crippen LogP contribution >= 0.6 is 15.9 Å². The number of carbonyl (C=O) groups is 2. The minimum atomic E-state index is -4.72. The van der Waals surface area contributed by atoms with Crippen molar-refractivity contribution in [3.05, 3.63) is 86.8 Å². The van der Waals surface area contributed by atoms with E-state index in [-0.39, 0.29) is 28.9 Å². The summed E-state index contributed by atoms with van der Waals surface area (Å²) in [6.45, 7) is 5.49. The lowest BCUT2D eigenvalue weighted by molar-refractivity contribution is -0.141. The quantitative estimate of drug-likeness (QED) is 0.268. The topological polar surface area (TPSA) is 109 Å². The molecule has 3 N–H and O–H groups in total. The highest BCUT2D eigenvalue weighted by Crippen LogP contribution is 2.32. The van der Waals surface area contributed by atoms with E-state index in [4.69, 9.17) is 0 Å². The lowest BCUT2D eigenvalue weighted by Crippen LogP contribution is -2.30. The number of aliphatic hydroxyl groups is 1. The van der Waals surface area contributed by atoms with Gasteiger partial charge in [0.2, 0.25) is 0 Å². The van der Waals surface area contributed by atoms with Crippen molar-refractivity contribution in [2.24, 2.45) is 0 Å². The highest BCUT2D eigenvalue weighted by molar-refractivity contribution is 9.10. The van der Waals surface area contributed by atoms with Crippen LogP contribution in [-0.4, -0.2) is 44.3 Å². The molecular weight excluding hydrogens is 579 g/mol. The van der Waals surface area contributed by atoms with E-state index in [1.54, 1.807) is 61.9 Å². The second-order valence-electron chi connectivity index (χ2n) is 9.13. The van der Waals surface area contributed by atoms with Crippen LogP contribution in [0, 0.1) is 13.8 Å². The van der Waals surface area contributed by atoms with Crippen molar-refractivity contribution in [2.45, 2.75) is 39.6 Å². The van der Waals surface area contributed by atoms with Gasteiger partial charge in [0.15, 0.2) is 0 Å². The highest BCUT2D eigenvalue weighted by atomic mass is 79.9. The standard InChI is InChI=1S/C27H25BrF3N5O3/c1-14(37)12-32-25(38)18-6-4-17(5-7-18)13-36-16(3)24(15(2)35-36)34-26(39)21-11-23(27(29,30)31)33-22-9-8-19(28)10-20(21)22/h4-11,14,37H,12-13H2,1-3H3,(H,32,38)(H,34,39)/t14-/m0/s1. The molecule has 12 heteroatoms. The Morgan fingerprint density at radius 1 is 1.08 bits per heavy atom. The molecule has 0 bridgehead atoms. The van der Waals surface area contributed by atoms with E-state index >= 15 is 0 Å². The fraction of sp³-hybridized carbons (Fsp3) is 0.259. The van der Waals surface area contributed by atoms with Crippen molar-refractivity contribution in [3.8, 4) is 0 Å². The van der Waals surface area contributed by atoms with E-state index in [0.29, 0.717) is 33.7 Å². The number of pyridine rings is 1. The first-order valence-electron chi connectivity index (χ1n) is 11.9. The number of aliphatic hydroxyl groups excluding tert-OH is 1. The van der Waals surface area contributed by atoms with E-state index in [1.165, 1.54) is 6.07 Å². The number of aromatic nitrogens is 3. The second-order valence-corrected chi connectivity index (χ2v) is 10.0. The van der Waals surface area contributed by atoms with Crippen molar-refractivity contribution < 1.29 is 27.9 Å². The normalized spacial score (nSPS) is 12.4. The number of rotatable bonds is 7. The Kier molecular flexibility index (Phi) is 8.07. The number of hydrogen-bond acceptors (Lipinski definition) is 5. The Bertz CT molecular complexity index is 1550. The third kappa shape index (κ3) is 6.45. The van der Waals surface area contributed by atoms with Gasteiger partial charge in [0, 0.05) is 22.0 Å². The maximum atomic E-state index is 13.5. The molecule has 2 amide bonds. The number of carbonyl (C=O) groups excluding carboxylic acids is 2. The Balaban J connectivity index is 1.58. The van der Waals surface area contributed by atoms with Gasteiger partial charge in [-0.3, -0.25) is 14.3 Å². The maximum absolute atomic E-state index is 13.5. The van der Waals surface area contributed by atoms with Crippen molar-refractivity contribution in [2.75, 3.05) is 11.9 Å². The molecule has 0 spiro atoms. The van der Waals surface area contributed by atoms with Crippen LogP contribution in [0.15, 0.2) is 53.0 Å². The molecule has 0 aliphatic heterocycles. The van der Waals surface area contributed by atoms with Crippen LogP contribution in [0.4, 0.5) is 18.9 Å². The molecule has 39 heavy (non-hydrogen) atoms. The number of fused-ring (bicyclic) bond motifs is 1. The van der Waals surface area contributed by atoms with Gasteiger partial charge >= 0.3 is 6.18 Å². The van der Waals surface area contributed by atoms with E-state index in [9.17, 15) is 27.9 Å². The summed E-state index contributed by atoms with van der Waals surface area (Å²) in [4.78, 5) is 29.1. The predicted molar refractivity (Wildman–Crippen MR) is 144 cm³/mol. The van der Waals surface area contributed by atoms with Crippen LogP contribution in [0.5, 0.6) is 0 Å². The summed E-state index contributed by atoms with van der Waals surface area (Å²) in [5.41, 5.74) is 1.49. The minimum Gasteiger partial charge on any atom is -0.392 e. The minimum absolute atomic E-state index is 0.0466. The maximum Gasteiger partial charge on any atom is 0.433 e. The molecule has 0 aliphatic carbocycles. The van der Waals surface area contributed by atoms with E-state index < -0.39 is 23.9 Å². The molecule has 4 aromatic rings. The Morgan fingerprint density at radius 2 is 1.77 bits per heavy atom. The monoisotopic (exact) mass is 603 g/mol. The molecule has 2 aromatic carbocycles. The van der Waals surface area contributed by atoms with Gasteiger partial charge in [-0.05, 0) is 62.7 Å². The average molecular weight is 604 g/mol. The highest BCUT2D eigenvalue weighted by Gasteiger charge is 2.34. The summed E-state index contributed by atoms with van der Waals surface area (Å²) in [6, 6.07) is 12.1. The zero-order valence-electron chi connectivity index (χ0n) is 21.2. The molecule has 0 unspecified atom stereocenters. The smallest absolute Gasteiger partial charge is 0.392 e. The van der Waals surface area contributed by atoms with Gasteiger partial charge in [-0.2, -0.15) is 18.3 Å². The van der Waals surface area contributed by atoms with Crippen LogP contribution < -0.4 is 10.6 Å². The van der Waals surface area contributed by atoms with Crippen LogP contribution in [0.25, 0.3) is 10.9 Å². The number of nitrogens with zero attached hydrogens (tertiary/aromatic N) is 3. The number of aryl methyl sites for hydroxylation is 1. The number of hydrogen-bond donors (Lipinski definition) is 3. The van der Waals surface area contributed by atoms with Gasteiger partial charge in [0.25, 0.3) is 11.8 Å². The molecule has 1 atom stereocenters. The van der Waals surface area contributed by atoms with E-state index in [1.807, 2.05) is 0 Å². The number of amides is 2. The zero-order chi connectivity index (χ0) is 28.5. The van der Waals surface area contributed by atoms with E-state index in [2.05, 4.69) is 36.6 Å².